The first kappa shape index (κ1) is 11.1. The van der Waals surface area contributed by atoms with E-state index in [4.69, 9.17) is 5.73 Å². The summed E-state index contributed by atoms with van der Waals surface area (Å²) in [6.45, 7) is 3.09. The third-order valence-electron chi connectivity index (χ3n) is 3.06. The van der Waals surface area contributed by atoms with Crippen molar-refractivity contribution in [1.29, 1.82) is 0 Å². The quantitative estimate of drug-likeness (QED) is 0.913. The van der Waals surface area contributed by atoms with Crippen LogP contribution in [0.2, 0.25) is 0 Å². The highest BCUT2D eigenvalue weighted by Gasteiger charge is 2.21. The van der Waals surface area contributed by atoms with Gasteiger partial charge < -0.3 is 5.73 Å². The molecule has 0 aromatic heterocycles. The summed E-state index contributed by atoms with van der Waals surface area (Å²) in [5, 5.41) is 0. The van der Waals surface area contributed by atoms with Gasteiger partial charge in [-0.25, -0.2) is 0 Å². The van der Waals surface area contributed by atoms with Crippen LogP contribution in [0.3, 0.4) is 0 Å². The van der Waals surface area contributed by atoms with Gasteiger partial charge in [0.2, 0.25) is 0 Å². The summed E-state index contributed by atoms with van der Waals surface area (Å²) < 4.78 is 1.13. The molecule has 2 N–H and O–H groups in total. The van der Waals surface area contributed by atoms with Gasteiger partial charge in [0, 0.05) is 17.1 Å². The molecule has 0 bridgehead atoms. The normalized spacial score (nSPS) is 19.3. The molecule has 15 heavy (non-hydrogen) atoms. The fraction of sp³-hybridized carbons (Fsp3) is 0.500. The molecule has 0 aliphatic carbocycles. The number of hydrogen-bond donors (Lipinski definition) is 1. The van der Waals surface area contributed by atoms with E-state index in [0.717, 1.165) is 4.47 Å². The summed E-state index contributed by atoms with van der Waals surface area (Å²) in [6, 6.07) is 8.92. The average Bonchev–Trinajstić information content (AvgIpc) is 2.75. The summed E-state index contributed by atoms with van der Waals surface area (Å²) in [5.41, 5.74) is 7.21. The van der Waals surface area contributed by atoms with Crippen molar-refractivity contribution in [1.82, 2.24) is 4.90 Å². The van der Waals surface area contributed by atoms with Gasteiger partial charge in [-0.1, -0.05) is 28.1 Å². The lowest BCUT2D eigenvalue weighted by Gasteiger charge is -2.26. The minimum absolute atomic E-state index is 0.403. The molecule has 1 fully saturated rings. The number of likely N-dealkylation sites (tertiary alicyclic amines) is 1. The van der Waals surface area contributed by atoms with Crippen LogP contribution in [0, 0.1) is 0 Å². The van der Waals surface area contributed by atoms with Gasteiger partial charge in [0.15, 0.2) is 0 Å². The van der Waals surface area contributed by atoms with Crippen LogP contribution in [0.5, 0.6) is 0 Å². The maximum absolute atomic E-state index is 5.87. The maximum atomic E-state index is 5.87. The fourth-order valence-corrected chi connectivity index (χ4v) is 2.50. The Morgan fingerprint density at radius 3 is 2.33 bits per heavy atom. The van der Waals surface area contributed by atoms with E-state index >= 15 is 0 Å². The monoisotopic (exact) mass is 268 g/mol. The molecular formula is C12H17BrN2. The Labute approximate surface area is 99.6 Å². The topological polar surface area (TPSA) is 29.3 Å². The minimum Gasteiger partial charge on any atom is -0.329 e. The van der Waals surface area contributed by atoms with Gasteiger partial charge in [-0.3, -0.25) is 4.90 Å². The van der Waals surface area contributed by atoms with Gasteiger partial charge in [0.05, 0.1) is 0 Å². The largest absolute Gasteiger partial charge is 0.329 e. The predicted molar refractivity (Wildman–Crippen MR) is 66.7 cm³/mol. The maximum Gasteiger partial charge on any atom is 0.0470 e. The lowest BCUT2D eigenvalue weighted by Crippen LogP contribution is -2.31. The number of benzene rings is 1. The lowest BCUT2D eigenvalue weighted by molar-refractivity contribution is 0.251. The molecule has 2 nitrogen and oxygen atoms in total. The standard InChI is InChI=1S/C12H17BrN2/c13-11-5-3-10(4-6-11)12(9-14)15-7-1-2-8-15/h3-6,12H,1-2,7-9,14H2. The smallest absolute Gasteiger partial charge is 0.0470 e. The molecule has 1 unspecified atom stereocenters. The van der Waals surface area contributed by atoms with E-state index in [9.17, 15) is 0 Å². The molecule has 1 aliphatic rings. The Balaban J connectivity index is 2.14. The zero-order valence-electron chi connectivity index (χ0n) is 8.82. The van der Waals surface area contributed by atoms with E-state index in [1.54, 1.807) is 0 Å². The highest BCUT2D eigenvalue weighted by atomic mass is 79.9. The predicted octanol–water partition coefficient (Wildman–Crippen LogP) is 2.54. The Morgan fingerprint density at radius 2 is 1.80 bits per heavy atom. The number of nitrogens with zero attached hydrogens (tertiary/aromatic N) is 1. The SMILES string of the molecule is NCC(c1ccc(Br)cc1)N1CCCC1. The summed E-state index contributed by atoms with van der Waals surface area (Å²) in [7, 11) is 0. The van der Waals surface area contributed by atoms with Crippen LogP contribution in [-0.2, 0) is 0 Å². The average molecular weight is 269 g/mol. The Kier molecular flexibility index (Phi) is 3.78. The van der Waals surface area contributed by atoms with E-state index < -0.39 is 0 Å². The van der Waals surface area contributed by atoms with Crippen molar-refractivity contribution in [2.24, 2.45) is 5.73 Å². The fourth-order valence-electron chi connectivity index (χ4n) is 2.23. The number of nitrogens with two attached hydrogens (primary N) is 1. The second-order valence-electron chi connectivity index (χ2n) is 4.05. The summed E-state index contributed by atoms with van der Waals surface area (Å²) in [5.74, 6) is 0. The van der Waals surface area contributed by atoms with Crippen LogP contribution in [0.15, 0.2) is 28.7 Å². The first-order valence-electron chi connectivity index (χ1n) is 5.51. The zero-order chi connectivity index (χ0) is 10.7. The Bertz CT molecular complexity index is 304. The summed E-state index contributed by atoms with van der Waals surface area (Å²) in [6.07, 6.45) is 2.63. The van der Waals surface area contributed by atoms with Gasteiger partial charge >= 0.3 is 0 Å². The van der Waals surface area contributed by atoms with Gasteiger partial charge in [-0.15, -0.1) is 0 Å². The molecule has 82 valence electrons. The van der Waals surface area contributed by atoms with Gasteiger partial charge in [0.1, 0.15) is 0 Å². The molecule has 3 heteroatoms. The van der Waals surface area contributed by atoms with E-state index in [-0.39, 0.29) is 0 Å². The molecule has 1 heterocycles. The molecule has 1 aromatic rings. The molecule has 0 spiro atoms. The summed E-state index contributed by atoms with van der Waals surface area (Å²) in [4.78, 5) is 2.49. The second-order valence-corrected chi connectivity index (χ2v) is 4.96. The molecule has 2 rings (SSSR count). The van der Waals surface area contributed by atoms with E-state index in [2.05, 4.69) is 45.1 Å². The van der Waals surface area contributed by atoms with Crippen LogP contribution in [0.4, 0.5) is 0 Å². The Morgan fingerprint density at radius 1 is 1.20 bits per heavy atom. The lowest BCUT2D eigenvalue weighted by atomic mass is 10.1. The third-order valence-corrected chi connectivity index (χ3v) is 3.59. The van der Waals surface area contributed by atoms with E-state index in [1.165, 1.54) is 31.5 Å². The van der Waals surface area contributed by atoms with Gasteiger partial charge in [-0.2, -0.15) is 0 Å². The highest BCUT2D eigenvalue weighted by Crippen LogP contribution is 2.25. The first-order chi connectivity index (χ1) is 7.31. The highest BCUT2D eigenvalue weighted by molar-refractivity contribution is 9.10. The zero-order valence-corrected chi connectivity index (χ0v) is 10.4. The number of rotatable bonds is 3. The van der Waals surface area contributed by atoms with Crippen LogP contribution in [0.25, 0.3) is 0 Å². The van der Waals surface area contributed by atoms with Crippen molar-refractivity contribution in [3.8, 4) is 0 Å². The summed E-state index contributed by atoms with van der Waals surface area (Å²) >= 11 is 3.46. The second kappa shape index (κ2) is 5.10. The van der Waals surface area contributed by atoms with Crippen molar-refractivity contribution < 1.29 is 0 Å². The van der Waals surface area contributed by atoms with Crippen LogP contribution in [-0.4, -0.2) is 24.5 Å². The molecule has 1 aliphatic heterocycles. The van der Waals surface area contributed by atoms with E-state index in [1.807, 2.05) is 0 Å². The molecule has 0 saturated carbocycles. The van der Waals surface area contributed by atoms with Crippen LogP contribution < -0.4 is 5.73 Å². The molecule has 1 saturated heterocycles. The van der Waals surface area contributed by atoms with E-state index in [0.29, 0.717) is 12.6 Å². The van der Waals surface area contributed by atoms with Crippen molar-refractivity contribution in [2.75, 3.05) is 19.6 Å². The van der Waals surface area contributed by atoms with Crippen molar-refractivity contribution in [3.63, 3.8) is 0 Å². The van der Waals surface area contributed by atoms with Gasteiger partial charge in [-0.05, 0) is 43.6 Å². The first-order valence-corrected chi connectivity index (χ1v) is 6.30. The number of hydrogen-bond acceptors (Lipinski definition) is 2. The van der Waals surface area contributed by atoms with Crippen LogP contribution in [0.1, 0.15) is 24.4 Å². The third kappa shape index (κ3) is 2.60. The molecule has 0 amide bonds. The Hall–Kier alpha value is -0.380. The molecular weight excluding hydrogens is 252 g/mol. The molecule has 1 aromatic carbocycles. The van der Waals surface area contributed by atoms with Crippen molar-refractivity contribution >= 4 is 15.9 Å². The minimum atomic E-state index is 0.403. The molecule has 1 atom stereocenters. The van der Waals surface area contributed by atoms with Gasteiger partial charge in [0.25, 0.3) is 0 Å². The van der Waals surface area contributed by atoms with Crippen LogP contribution >= 0.6 is 15.9 Å². The number of halogens is 1. The van der Waals surface area contributed by atoms with Crippen molar-refractivity contribution in [3.05, 3.63) is 34.3 Å². The van der Waals surface area contributed by atoms with Crippen molar-refractivity contribution in [2.45, 2.75) is 18.9 Å². The molecule has 0 radical (unpaired) electrons.